The molecule has 0 saturated carbocycles. The van der Waals surface area contributed by atoms with Crippen LogP contribution in [0.5, 0.6) is 0 Å². The number of halogens is 1. The van der Waals surface area contributed by atoms with Crippen LogP contribution in [-0.2, 0) is 11.2 Å². The molecule has 22 heavy (non-hydrogen) atoms. The molecular weight excluding hydrogens is 302 g/mol. The third-order valence-corrected chi connectivity index (χ3v) is 4.37. The molecule has 0 spiro atoms. The highest BCUT2D eigenvalue weighted by molar-refractivity contribution is 6.30. The highest BCUT2D eigenvalue weighted by Gasteiger charge is 2.38. The van der Waals surface area contributed by atoms with Crippen LogP contribution in [0.2, 0.25) is 5.02 Å². The van der Waals surface area contributed by atoms with E-state index in [1.54, 1.807) is 6.20 Å². The van der Waals surface area contributed by atoms with Gasteiger partial charge in [0.15, 0.2) is 11.8 Å². The molecule has 0 saturated heterocycles. The molecule has 110 valence electrons. The Hall–Kier alpha value is -2.33. The van der Waals surface area contributed by atoms with Crippen molar-refractivity contribution in [1.29, 1.82) is 0 Å². The molecule has 0 N–H and O–H groups in total. The molecule has 1 aliphatic heterocycles. The van der Waals surface area contributed by atoms with Crippen molar-refractivity contribution in [1.82, 2.24) is 0 Å². The summed E-state index contributed by atoms with van der Waals surface area (Å²) in [7, 11) is 0. The van der Waals surface area contributed by atoms with E-state index in [0.29, 0.717) is 22.8 Å². The fourth-order valence-corrected chi connectivity index (χ4v) is 3.20. The third-order valence-electron chi connectivity index (χ3n) is 4.12. The minimum atomic E-state index is -0.211. The standard InChI is InChI=1S/C17H12ClNO3/c18-11-3-1-10(2-4-11)12-7-13-15(20)5-6-21-17(13)14-8-19-9-22-16(12)14/h1-6,8-9,12,16H,7H2. The number of aliphatic imine (C=N–C) groups is 1. The van der Waals surface area contributed by atoms with Crippen LogP contribution >= 0.6 is 11.6 Å². The summed E-state index contributed by atoms with van der Waals surface area (Å²) in [4.78, 5) is 16.2. The van der Waals surface area contributed by atoms with Crippen LogP contribution in [0, 0.1) is 0 Å². The van der Waals surface area contributed by atoms with Gasteiger partial charge in [0.25, 0.3) is 0 Å². The predicted molar refractivity (Wildman–Crippen MR) is 84.2 cm³/mol. The van der Waals surface area contributed by atoms with E-state index in [1.165, 1.54) is 18.7 Å². The maximum absolute atomic E-state index is 12.2. The quantitative estimate of drug-likeness (QED) is 0.810. The van der Waals surface area contributed by atoms with Gasteiger partial charge in [-0.05, 0) is 24.1 Å². The molecule has 2 heterocycles. The minimum absolute atomic E-state index is 0.0193. The summed E-state index contributed by atoms with van der Waals surface area (Å²) in [5.41, 5.74) is 2.53. The average molecular weight is 314 g/mol. The van der Waals surface area contributed by atoms with E-state index in [1.807, 2.05) is 24.3 Å². The smallest absolute Gasteiger partial charge is 0.188 e. The summed E-state index contributed by atoms with van der Waals surface area (Å²) in [6.45, 7) is 0. The zero-order valence-corrected chi connectivity index (χ0v) is 12.3. The number of benzene rings is 1. The second-order valence-corrected chi connectivity index (χ2v) is 5.79. The van der Waals surface area contributed by atoms with Crippen LogP contribution in [0.15, 0.2) is 57.0 Å². The largest absolute Gasteiger partial charge is 0.474 e. The van der Waals surface area contributed by atoms with E-state index in [0.717, 1.165) is 11.1 Å². The first-order valence-corrected chi connectivity index (χ1v) is 7.35. The molecule has 1 aliphatic carbocycles. The van der Waals surface area contributed by atoms with Gasteiger partial charge in [-0.15, -0.1) is 0 Å². The topological polar surface area (TPSA) is 51.8 Å². The molecule has 2 aromatic rings. The minimum Gasteiger partial charge on any atom is -0.474 e. The molecule has 5 heteroatoms. The van der Waals surface area contributed by atoms with Crippen molar-refractivity contribution in [3.05, 3.63) is 74.9 Å². The van der Waals surface area contributed by atoms with Crippen LogP contribution in [-0.4, -0.2) is 12.5 Å². The summed E-state index contributed by atoms with van der Waals surface area (Å²) >= 11 is 5.97. The van der Waals surface area contributed by atoms with Crippen molar-refractivity contribution in [2.45, 2.75) is 18.4 Å². The summed E-state index contributed by atoms with van der Waals surface area (Å²) in [5.74, 6) is 0.604. The monoisotopic (exact) mass is 313 g/mol. The fourth-order valence-electron chi connectivity index (χ4n) is 3.07. The van der Waals surface area contributed by atoms with Crippen molar-refractivity contribution >= 4 is 23.6 Å². The Morgan fingerprint density at radius 2 is 2.00 bits per heavy atom. The third kappa shape index (κ3) is 2.07. The molecule has 0 bridgehead atoms. The van der Waals surface area contributed by atoms with Crippen molar-refractivity contribution in [3.8, 4) is 0 Å². The second kappa shape index (κ2) is 5.14. The van der Waals surface area contributed by atoms with Gasteiger partial charge >= 0.3 is 0 Å². The molecule has 1 aromatic carbocycles. The van der Waals surface area contributed by atoms with E-state index in [4.69, 9.17) is 20.8 Å². The molecule has 0 fully saturated rings. The summed E-state index contributed by atoms with van der Waals surface area (Å²) in [6, 6.07) is 9.08. The van der Waals surface area contributed by atoms with Crippen LogP contribution in [0.1, 0.15) is 22.8 Å². The van der Waals surface area contributed by atoms with Crippen LogP contribution in [0.4, 0.5) is 0 Å². The summed E-state index contributed by atoms with van der Waals surface area (Å²) in [5, 5.41) is 0.682. The first-order valence-electron chi connectivity index (χ1n) is 6.98. The molecule has 0 radical (unpaired) electrons. The zero-order chi connectivity index (χ0) is 15.1. The van der Waals surface area contributed by atoms with Gasteiger partial charge in [-0.2, -0.15) is 0 Å². The number of hydrogen-bond donors (Lipinski definition) is 0. The molecule has 2 atom stereocenters. The first kappa shape index (κ1) is 13.3. The van der Waals surface area contributed by atoms with Crippen molar-refractivity contribution in [2.75, 3.05) is 0 Å². The number of ether oxygens (including phenoxy) is 1. The average Bonchev–Trinajstić information content (AvgIpc) is 2.55. The van der Waals surface area contributed by atoms with Crippen LogP contribution in [0.25, 0.3) is 5.57 Å². The first-order chi connectivity index (χ1) is 10.7. The van der Waals surface area contributed by atoms with Crippen LogP contribution < -0.4 is 5.43 Å². The second-order valence-electron chi connectivity index (χ2n) is 5.35. The SMILES string of the molecule is O=c1ccoc2c1CC(c1ccc(Cl)cc1)C1OC=NC=C21. The number of fused-ring (bicyclic) bond motifs is 3. The molecule has 2 aliphatic rings. The maximum atomic E-state index is 12.2. The van der Waals surface area contributed by atoms with Crippen molar-refractivity contribution in [2.24, 2.45) is 4.99 Å². The number of hydrogen-bond acceptors (Lipinski definition) is 4. The van der Waals surface area contributed by atoms with Gasteiger partial charge in [0.05, 0.1) is 11.8 Å². The lowest BCUT2D eigenvalue weighted by molar-refractivity contribution is 0.208. The van der Waals surface area contributed by atoms with Gasteiger partial charge in [0.1, 0.15) is 11.9 Å². The molecule has 2 unspecified atom stereocenters. The van der Waals surface area contributed by atoms with E-state index >= 15 is 0 Å². The predicted octanol–water partition coefficient (Wildman–Crippen LogP) is 3.40. The number of rotatable bonds is 1. The Morgan fingerprint density at radius 3 is 2.82 bits per heavy atom. The highest BCUT2D eigenvalue weighted by atomic mass is 35.5. The maximum Gasteiger partial charge on any atom is 0.188 e. The Kier molecular flexibility index (Phi) is 3.12. The van der Waals surface area contributed by atoms with E-state index in [2.05, 4.69) is 4.99 Å². The lowest BCUT2D eigenvalue weighted by atomic mass is 9.77. The van der Waals surface area contributed by atoms with E-state index in [9.17, 15) is 4.79 Å². The van der Waals surface area contributed by atoms with Crippen molar-refractivity contribution < 1.29 is 9.15 Å². The van der Waals surface area contributed by atoms with Gasteiger partial charge in [-0.3, -0.25) is 4.79 Å². The molecule has 1 aromatic heterocycles. The van der Waals surface area contributed by atoms with E-state index in [-0.39, 0.29) is 17.5 Å². The lowest BCUT2D eigenvalue weighted by Gasteiger charge is -2.34. The number of nitrogens with zero attached hydrogens (tertiary/aromatic N) is 1. The van der Waals surface area contributed by atoms with Gasteiger partial charge < -0.3 is 9.15 Å². The van der Waals surface area contributed by atoms with Crippen LogP contribution in [0.3, 0.4) is 0 Å². The van der Waals surface area contributed by atoms with E-state index < -0.39 is 0 Å². The van der Waals surface area contributed by atoms with Gasteiger partial charge in [0, 0.05) is 28.8 Å². The van der Waals surface area contributed by atoms with Gasteiger partial charge in [-0.25, -0.2) is 4.99 Å². The Balaban J connectivity index is 1.87. The molecule has 0 amide bonds. The fraction of sp³-hybridized carbons (Fsp3) is 0.176. The normalized spacial score (nSPS) is 22.3. The Morgan fingerprint density at radius 1 is 1.18 bits per heavy atom. The zero-order valence-electron chi connectivity index (χ0n) is 11.5. The lowest BCUT2D eigenvalue weighted by Crippen LogP contribution is -2.33. The Bertz CT molecular complexity index is 836. The highest BCUT2D eigenvalue weighted by Crippen LogP contribution is 2.41. The van der Waals surface area contributed by atoms with Gasteiger partial charge in [-0.1, -0.05) is 23.7 Å². The Labute approximate surface area is 131 Å². The van der Waals surface area contributed by atoms with Crippen molar-refractivity contribution in [3.63, 3.8) is 0 Å². The molecular formula is C17H12ClNO3. The van der Waals surface area contributed by atoms with Gasteiger partial charge in [0.2, 0.25) is 0 Å². The summed E-state index contributed by atoms with van der Waals surface area (Å²) in [6.07, 6.45) is 4.91. The molecule has 4 rings (SSSR count). The summed E-state index contributed by atoms with van der Waals surface area (Å²) < 4.78 is 11.3. The molecule has 4 nitrogen and oxygen atoms in total.